The third-order valence-electron chi connectivity index (χ3n) is 5.09. The highest BCUT2D eigenvalue weighted by atomic mass is 19.2. The van der Waals surface area contributed by atoms with Gasteiger partial charge in [0.2, 0.25) is 5.82 Å². The first kappa shape index (κ1) is 21.7. The lowest BCUT2D eigenvalue weighted by molar-refractivity contribution is -0.0880. The van der Waals surface area contributed by atoms with Gasteiger partial charge in [0.05, 0.1) is 25.4 Å². The maximum Gasteiger partial charge on any atom is 0.201 e. The minimum Gasteiger partial charge on any atom is -0.491 e. The van der Waals surface area contributed by atoms with Gasteiger partial charge in [-0.15, -0.1) is 0 Å². The molecule has 1 saturated heterocycles. The molecule has 0 bridgehead atoms. The van der Waals surface area contributed by atoms with Crippen LogP contribution in [0.4, 0.5) is 13.2 Å². The second-order valence-electron chi connectivity index (χ2n) is 7.15. The Morgan fingerprint density at radius 3 is 2.52 bits per heavy atom. The second kappa shape index (κ2) is 10.1. The van der Waals surface area contributed by atoms with Crippen LogP contribution in [0.5, 0.6) is 5.75 Å². The Hall–Kier alpha value is -2.05. The van der Waals surface area contributed by atoms with Gasteiger partial charge in [-0.25, -0.2) is 8.78 Å². The molecule has 0 amide bonds. The van der Waals surface area contributed by atoms with Crippen molar-refractivity contribution in [3.63, 3.8) is 0 Å². The van der Waals surface area contributed by atoms with Crippen molar-refractivity contribution in [1.29, 1.82) is 0 Å². The van der Waals surface area contributed by atoms with Gasteiger partial charge in [-0.2, -0.15) is 4.39 Å². The van der Waals surface area contributed by atoms with Crippen LogP contribution >= 0.6 is 0 Å². The Morgan fingerprint density at radius 1 is 1.03 bits per heavy atom. The Balaban J connectivity index is 1.71. The van der Waals surface area contributed by atoms with Crippen molar-refractivity contribution in [2.24, 2.45) is 0 Å². The minimum atomic E-state index is -1.07. The number of halogens is 3. The van der Waals surface area contributed by atoms with Crippen molar-refractivity contribution < 1.29 is 27.4 Å². The third-order valence-corrected chi connectivity index (χ3v) is 5.09. The van der Waals surface area contributed by atoms with Gasteiger partial charge in [0.15, 0.2) is 11.6 Å². The maximum absolute atomic E-state index is 14.7. The molecule has 1 fully saturated rings. The summed E-state index contributed by atoms with van der Waals surface area (Å²) in [6.07, 6.45) is 3.22. The molecule has 2 aromatic rings. The highest BCUT2D eigenvalue weighted by Gasteiger charge is 2.26. The number of ether oxygens (including phenoxy) is 3. The Kier molecular flexibility index (Phi) is 7.56. The molecule has 2 atom stereocenters. The quantitative estimate of drug-likeness (QED) is 0.486. The van der Waals surface area contributed by atoms with Crippen LogP contribution in [0.15, 0.2) is 30.3 Å². The van der Waals surface area contributed by atoms with Crippen molar-refractivity contribution in [2.45, 2.75) is 51.7 Å². The number of hydrogen-bond donors (Lipinski definition) is 0. The Bertz CT molecular complexity index is 817. The molecule has 1 aliphatic rings. The average Bonchev–Trinajstić information content (AvgIpc) is 2.72. The molecule has 1 heterocycles. The predicted molar refractivity (Wildman–Crippen MR) is 105 cm³/mol. The first-order valence-electron chi connectivity index (χ1n) is 10.2. The van der Waals surface area contributed by atoms with Crippen molar-refractivity contribution in [3.05, 3.63) is 53.3 Å². The second-order valence-corrected chi connectivity index (χ2v) is 7.15. The lowest BCUT2D eigenvalue weighted by Gasteiger charge is -2.29. The van der Waals surface area contributed by atoms with Gasteiger partial charge < -0.3 is 14.2 Å². The highest BCUT2D eigenvalue weighted by molar-refractivity contribution is 5.66. The monoisotopic (exact) mass is 408 g/mol. The van der Waals surface area contributed by atoms with E-state index in [1.165, 1.54) is 18.2 Å². The molecule has 0 aromatic heterocycles. The van der Waals surface area contributed by atoms with Gasteiger partial charge in [0.25, 0.3) is 0 Å². The van der Waals surface area contributed by atoms with Crippen LogP contribution in [0.2, 0.25) is 0 Å². The summed E-state index contributed by atoms with van der Waals surface area (Å²) in [4.78, 5) is 0. The Morgan fingerprint density at radius 2 is 1.86 bits per heavy atom. The highest BCUT2D eigenvalue weighted by Crippen LogP contribution is 2.35. The van der Waals surface area contributed by atoms with Crippen LogP contribution in [-0.4, -0.2) is 25.9 Å². The van der Waals surface area contributed by atoms with E-state index in [0.29, 0.717) is 25.2 Å². The number of rotatable bonds is 8. The zero-order valence-corrected chi connectivity index (χ0v) is 16.8. The fourth-order valence-corrected chi connectivity index (χ4v) is 3.48. The first-order valence-corrected chi connectivity index (χ1v) is 10.2. The molecule has 2 aromatic carbocycles. The molecule has 29 heavy (non-hydrogen) atoms. The molecule has 3 rings (SSSR count). The van der Waals surface area contributed by atoms with Crippen molar-refractivity contribution in [3.8, 4) is 16.9 Å². The number of benzene rings is 2. The van der Waals surface area contributed by atoms with E-state index in [9.17, 15) is 13.2 Å². The molecule has 0 saturated carbocycles. The van der Waals surface area contributed by atoms with Crippen molar-refractivity contribution >= 4 is 0 Å². The van der Waals surface area contributed by atoms with E-state index in [-0.39, 0.29) is 35.7 Å². The third kappa shape index (κ3) is 5.11. The summed E-state index contributed by atoms with van der Waals surface area (Å²) in [7, 11) is 0. The molecule has 3 nitrogen and oxygen atoms in total. The summed E-state index contributed by atoms with van der Waals surface area (Å²) in [5, 5.41) is 0. The predicted octanol–water partition coefficient (Wildman–Crippen LogP) is 6.21. The smallest absolute Gasteiger partial charge is 0.201 e. The van der Waals surface area contributed by atoms with Gasteiger partial charge in [0, 0.05) is 17.7 Å². The molecule has 0 N–H and O–H groups in total. The lowest BCUT2D eigenvalue weighted by Crippen LogP contribution is -2.28. The zero-order chi connectivity index (χ0) is 20.8. The molecule has 6 heteroatoms. The van der Waals surface area contributed by atoms with E-state index in [2.05, 4.69) is 6.92 Å². The molecule has 0 radical (unpaired) electrons. The first-order chi connectivity index (χ1) is 14.0. The summed E-state index contributed by atoms with van der Waals surface area (Å²) in [6.45, 7) is 5.16. The van der Waals surface area contributed by atoms with Crippen molar-refractivity contribution in [1.82, 2.24) is 0 Å². The summed E-state index contributed by atoms with van der Waals surface area (Å²) in [5.74, 6) is -2.77. The number of hydrogen-bond acceptors (Lipinski definition) is 3. The van der Waals surface area contributed by atoms with Gasteiger partial charge in [-0.05, 0) is 49.9 Å². The van der Waals surface area contributed by atoms with Crippen LogP contribution in [0.1, 0.15) is 51.2 Å². The fourth-order valence-electron chi connectivity index (χ4n) is 3.48. The van der Waals surface area contributed by atoms with Gasteiger partial charge in [0.1, 0.15) is 5.82 Å². The molecular formula is C23H27F3O3. The molecule has 2 unspecified atom stereocenters. The van der Waals surface area contributed by atoms with Crippen molar-refractivity contribution in [2.75, 3.05) is 19.8 Å². The molecule has 0 spiro atoms. The minimum absolute atomic E-state index is 0.00893. The largest absolute Gasteiger partial charge is 0.491 e. The van der Waals surface area contributed by atoms with E-state index in [1.54, 1.807) is 19.1 Å². The van der Waals surface area contributed by atoms with E-state index in [0.717, 1.165) is 19.3 Å². The van der Waals surface area contributed by atoms with E-state index in [1.807, 2.05) is 0 Å². The van der Waals surface area contributed by atoms with Gasteiger partial charge in [-0.1, -0.05) is 25.5 Å². The lowest BCUT2D eigenvalue weighted by atomic mass is 9.96. The summed E-state index contributed by atoms with van der Waals surface area (Å²) >= 11 is 0. The molecule has 158 valence electrons. The maximum atomic E-state index is 14.7. The van der Waals surface area contributed by atoms with E-state index in [4.69, 9.17) is 14.2 Å². The normalized spacial score (nSPS) is 19.3. The molecule has 1 aliphatic heterocycles. The van der Waals surface area contributed by atoms with E-state index >= 15 is 0 Å². The molecular weight excluding hydrogens is 381 g/mol. The topological polar surface area (TPSA) is 27.7 Å². The average molecular weight is 408 g/mol. The van der Waals surface area contributed by atoms with Crippen LogP contribution in [0, 0.1) is 17.5 Å². The Labute approximate surface area is 169 Å². The van der Waals surface area contributed by atoms with Crippen LogP contribution in [0.25, 0.3) is 11.1 Å². The van der Waals surface area contributed by atoms with Crippen LogP contribution in [0.3, 0.4) is 0 Å². The number of unbranched alkanes of at least 4 members (excludes halogenated alkanes) is 1. The fraction of sp³-hybridized carbons (Fsp3) is 0.478. The zero-order valence-electron chi connectivity index (χ0n) is 16.8. The molecule has 0 aliphatic carbocycles. The van der Waals surface area contributed by atoms with E-state index < -0.39 is 17.5 Å². The van der Waals surface area contributed by atoms with Gasteiger partial charge in [-0.3, -0.25) is 0 Å². The van der Waals surface area contributed by atoms with Crippen LogP contribution < -0.4 is 4.74 Å². The SMILES string of the molecule is CCCCOC1CCC(c2ccc(-c3ccc(OCC)c(F)c3F)cc2F)OC1. The summed E-state index contributed by atoms with van der Waals surface area (Å²) in [5.41, 5.74) is 0.681. The van der Waals surface area contributed by atoms with Gasteiger partial charge >= 0.3 is 0 Å². The summed E-state index contributed by atoms with van der Waals surface area (Å²) in [6, 6.07) is 7.14. The summed E-state index contributed by atoms with van der Waals surface area (Å²) < 4.78 is 59.9. The van der Waals surface area contributed by atoms with Crippen LogP contribution in [-0.2, 0) is 9.47 Å². The standard InChI is InChI=1S/C23H27F3O3/c1-3-5-12-28-16-7-10-20(29-14-16)18-8-6-15(13-19(18)24)17-9-11-21(27-4-2)23(26)22(17)25/h6,8-9,11,13,16,20H,3-5,7,10,12,14H2,1-2H3.